The average molecular weight is 447 g/mol. The van der Waals surface area contributed by atoms with Crippen LogP contribution in [0.5, 0.6) is 5.75 Å². The summed E-state index contributed by atoms with van der Waals surface area (Å²) in [5, 5.41) is 2.43. The summed E-state index contributed by atoms with van der Waals surface area (Å²) in [6.07, 6.45) is 0.0877. The van der Waals surface area contributed by atoms with Crippen LogP contribution in [0.25, 0.3) is 0 Å². The van der Waals surface area contributed by atoms with E-state index < -0.39 is 29.6 Å². The zero-order chi connectivity index (χ0) is 23.1. The van der Waals surface area contributed by atoms with Crippen molar-refractivity contribution in [1.82, 2.24) is 9.80 Å². The molecule has 0 aromatic heterocycles. The SMILES string of the molecule is COC(=O)c1ccc(OC(=O)N2CCCN(CC(=O)Nc3ccc(F)cc3F)CC2)cc1. The zero-order valence-corrected chi connectivity index (χ0v) is 17.5. The summed E-state index contributed by atoms with van der Waals surface area (Å²) >= 11 is 0. The summed E-state index contributed by atoms with van der Waals surface area (Å²) < 4.78 is 36.7. The first kappa shape index (κ1) is 23.1. The average Bonchev–Trinajstić information content (AvgIpc) is 3.01. The van der Waals surface area contributed by atoms with Gasteiger partial charge in [-0.25, -0.2) is 18.4 Å². The van der Waals surface area contributed by atoms with E-state index in [1.54, 1.807) is 0 Å². The maximum atomic E-state index is 13.7. The summed E-state index contributed by atoms with van der Waals surface area (Å²) in [6, 6.07) is 8.95. The fraction of sp³-hybridized carbons (Fsp3) is 0.318. The number of esters is 1. The van der Waals surface area contributed by atoms with Crippen molar-refractivity contribution in [1.29, 1.82) is 0 Å². The number of rotatable bonds is 5. The van der Waals surface area contributed by atoms with Crippen LogP contribution < -0.4 is 10.1 Å². The maximum Gasteiger partial charge on any atom is 0.415 e. The molecule has 1 saturated heterocycles. The first-order valence-corrected chi connectivity index (χ1v) is 9.98. The van der Waals surface area contributed by atoms with E-state index in [-0.39, 0.29) is 12.2 Å². The van der Waals surface area contributed by atoms with Gasteiger partial charge in [0, 0.05) is 32.2 Å². The standard InChI is InChI=1S/C22H23F2N3O5/c1-31-21(29)15-3-6-17(7-4-15)32-22(30)27-10-2-9-26(11-12-27)14-20(28)25-19-8-5-16(23)13-18(19)24/h3-8,13H,2,9-12,14H2,1H3,(H,25,28). The molecule has 32 heavy (non-hydrogen) atoms. The number of anilines is 1. The summed E-state index contributed by atoms with van der Waals surface area (Å²) in [6.45, 7) is 1.79. The molecule has 1 fully saturated rings. The molecule has 8 nitrogen and oxygen atoms in total. The number of hydrogen-bond acceptors (Lipinski definition) is 6. The van der Waals surface area contributed by atoms with Crippen molar-refractivity contribution >= 4 is 23.7 Å². The Hall–Kier alpha value is -3.53. The maximum absolute atomic E-state index is 13.7. The van der Waals surface area contributed by atoms with E-state index in [0.29, 0.717) is 50.0 Å². The molecule has 10 heteroatoms. The predicted molar refractivity (Wildman–Crippen MR) is 111 cm³/mol. The van der Waals surface area contributed by atoms with Gasteiger partial charge in [-0.1, -0.05) is 0 Å². The van der Waals surface area contributed by atoms with Gasteiger partial charge in [-0.15, -0.1) is 0 Å². The summed E-state index contributed by atoms with van der Waals surface area (Å²) in [5.74, 6) is -2.19. The van der Waals surface area contributed by atoms with E-state index in [9.17, 15) is 23.2 Å². The van der Waals surface area contributed by atoms with Gasteiger partial charge in [0.25, 0.3) is 0 Å². The molecule has 0 radical (unpaired) electrons. The third kappa shape index (κ3) is 6.24. The van der Waals surface area contributed by atoms with Gasteiger partial charge < -0.3 is 19.7 Å². The van der Waals surface area contributed by atoms with E-state index >= 15 is 0 Å². The van der Waals surface area contributed by atoms with Crippen LogP contribution in [-0.2, 0) is 9.53 Å². The normalized spacial score (nSPS) is 14.4. The second kappa shape index (κ2) is 10.7. The lowest BCUT2D eigenvalue weighted by Gasteiger charge is -2.21. The molecule has 1 aliphatic heterocycles. The summed E-state index contributed by atoms with van der Waals surface area (Å²) in [4.78, 5) is 39.5. The quantitative estimate of drug-likeness (QED) is 0.710. The number of ether oxygens (including phenoxy) is 2. The van der Waals surface area contributed by atoms with Crippen molar-refractivity contribution in [3.63, 3.8) is 0 Å². The number of halogens is 2. The van der Waals surface area contributed by atoms with Gasteiger partial charge in [-0.2, -0.15) is 0 Å². The molecule has 2 aromatic carbocycles. The van der Waals surface area contributed by atoms with E-state index in [0.717, 1.165) is 6.07 Å². The minimum absolute atomic E-state index is 0.00863. The van der Waals surface area contributed by atoms with Crippen LogP contribution in [0.15, 0.2) is 42.5 Å². The predicted octanol–water partition coefficient (Wildman–Crippen LogP) is 2.90. The first-order valence-electron chi connectivity index (χ1n) is 9.98. The van der Waals surface area contributed by atoms with Crippen LogP contribution in [-0.4, -0.2) is 67.6 Å². The minimum Gasteiger partial charge on any atom is -0.465 e. The van der Waals surface area contributed by atoms with E-state index in [1.165, 1.54) is 42.3 Å². The zero-order valence-electron chi connectivity index (χ0n) is 17.5. The Labute approximate surface area is 183 Å². The Bertz CT molecular complexity index is 984. The molecule has 3 rings (SSSR count). The second-order valence-corrected chi connectivity index (χ2v) is 7.17. The monoisotopic (exact) mass is 447 g/mol. The number of methoxy groups -OCH3 is 1. The van der Waals surface area contributed by atoms with Gasteiger partial charge in [-0.3, -0.25) is 9.69 Å². The number of amides is 2. The molecule has 0 bridgehead atoms. The van der Waals surface area contributed by atoms with Crippen molar-refractivity contribution in [2.24, 2.45) is 0 Å². The van der Waals surface area contributed by atoms with Gasteiger partial charge in [0.2, 0.25) is 5.91 Å². The molecule has 0 unspecified atom stereocenters. The van der Waals surface area contributed by atoms with Crippen LogP contribution >= 0.6 is 0 Å². The van der Waals surface area contributed by atoms with Crippen LogP contribution in [0.4, 0.5) is 19.3 Å². The number of hydrogen-bond donors (Lipinski definition) is 1. The Morgan fingerprint density at radius 1 is 1.00 bits per heavy atom. The highest BCUT2D eigenvalue weighted by atomic mass is 19.1. The van der Waals surface area contributed by atoms with Gasteiger partial charge in [-0.05, 0) is 42.8 Å². The largest absolute Gasteiger partial charge is 0.465 e. The smallest absolute Gasteiger partial charge is 0.415 e. The highest BCUT2D eigenvalue weighted by molar-refractivity contribution is 5.92. The summed E-state index contributed by atoms with van der Waals surface area (Å²) in [7, 11) is 1.28. The molecule has 0 atom stereocenters. The van der Waals surface area contributed by atoms with Crippen molar-refractivity contribution in [3.8, 4) is 5.75 Å². The van der Waals surface area contributed by atoms with Crippen molar-refractivity contribution in [2.45, 2.75) is 6.42 Å². The van der Waals surface area contributed by atoms with Crippen LogP contribution in [0, 0.1) is 11.6 Å². The van der Waals surface area contributed by atoms with Crippen molar-refractivity contribution in [2.75, 3.05) is 45.2 Å². The minimum atomic E-state index is -0.845. The number of carbonyl (C=O) groups is 3. The lowest BCUT2D eigenvalue weighted by molar-refractivity contribution is -0.117. The molecule has 2 amide bonds. The lowest BCUT2D eigenvalue weighted by Crippen LogP contribution is -2.39. The highest BCUT2D eigenvalue weighted by Gasteiger charge is 2.22. The van der Waals surface area contributed by atoms with Crippen LogP contribution in [0.3, 0.4) is 0 Å². The summed E-state index contributed by atoms with van der Waals surface area (Å²) in [5.41, 5.74) is 0.256. The second-order valence-electron chi connectivity index (χ2n) is 7.17. The van der Waals surface area contributed by atoms with Gasteiger partial charge in [0.15, 0.2) is 0 Å². The first-order chi connectivity index (χ1) is 15.4. The van der Waals surface area contributed by atoms with Gasteiger partial charge in [0.1, 0.15) is 17.4 Å². The lowest BCUT2D eigenvalue weighted by atomic mass is 10.2. The molecular formula is C22H23F2N3O5. The Balaban J connectivity index is 1.49. The molecular weight excluding hydrogens is 424 g/mol. The molecule has 0 spiro atoms. The molecule has 2 aromatic rings. The third-order valence-electron chi connectivity index (χ3n) is 4.90. The van der Waals surface area contributed by atoms with Crippen LogP contribution in [0.2, 0.25) is 0 Å². The van der Waals surface area contributed by atoms with Crippen molar-refractivity contribution in [3.05, 3.63) is 59.7 Å². The highest BCUT2D eigenvalue weighted by Crippen LogP contribution is 2.16. The number of carbonyl (C=O) groups excluding carboxylic acids is 3. The molecule has 0 aliphatic carbocycles. The fourth-order valence-electron chi connectivity index (χ4n) is 3.24. The molecule has 1 aliphatic rings. The number of nitrogens with zero attached hydrogens (tertiary/aromatic N) is 2. The molecule has 0 saturated carbocycles. The molecule has 1 N–H and O–H groups in total. The van der Waals surface area contributed by atoms with Gasteiger partial charge >= 0.3 is 12.1 Å². The third-order valence-corrected chi connectivity index (χ3v) is 4.90. The number of nitrogens with one attached hydrogen (secondary N) is 1. The van der Waals surface area contributed by atoms with E-state index in [1.807, 2.05) is 4.90 Å². The van der Waals surface area contributed by atoms with Crippen molar-refractivity contribution < 1.29 is 32.6 Å². The molecule has 1 heterocycles. The topological polar surface area (TPSA) is 88.2 Å². The fourth-order valence-corrected chi connectivity index (χ4v) is 3.24. The molecule has 170 valence electrons. The van der Waals surface area contributed by atoms with E-state index in [2.05, 4.69) is 10.1 Å². The van der Waals surface area contributed by atoms with Crippen LogP contribution in [0.1, 0.15) is 16.8 Å². The Kier molecular flexibility index (Phi) is 7.72. The van der Waals surface area contributed by atoms with Gasteiger partial charge in [0.05, 0.1) is 24.9 Å². The number of benzene rings is 2. The Morgan fingerprint density at radius 2 is 1.75 bits per heavy atom. The van der Waals surface area contributed by atoms with E-state index in [4.69, 9.17) is 4.74 Å². The Morgan fingerprint density at radius 3 is 2.44 bits per heavy atom.